The number of halogens is 1. The Bertz CT molecular complexity index is 1260. The van der Waals surface area contributed by atoms with Crippen LogP contribution >= 0.6 is 0 Å². The Balaban J connectivity index is 1.98. The van der Waals surface area contributed by atoms with Gasteiger partial charge in [-0.3, -0.25) is 0 Å². The molecule has 8 nitrogen and oxygen atoms in total. The Kier molecular flexibility index (Phi) is 6.83. The summed E-state index contributed by atoms with van der Waals surface area (Å²) < 4.78 is 39.4. The molecule has 1 heterocycles. The van der Waals surface area contributed by atoms with Crippen LogP contribution in [0.15, 0.2) is 36.7 Å². The first-order valence-corrected chi connectivity index (χ1v) is 12.0. The van der Waals surface area contributed by atoms with Crippen LogP contribution in [-0.4, -0.2) is 45.0 Å². The van der Waals surface area contributed by atoms with Gasteiger partial charge in [-0.05, 0) is 56.5 Å². The van der Waals surface area contributed by atoms with Crippen LogP contribution in [0.2, 0.25) is 0 Å². The van der Waals surface area contributed by atoms with Gasteiger partial charge in [0.05, 0.1) is 17.8 Å². The van der Waals surface area contributed by atoms with Crippen molar-refractivity contribution in [2.75, 3.05) is 22.9 Å². The molecule has 0 saturated heterocycles. The summed E-state index contributed by atoms with van der Waals surface area (Å²) in [6.07, 6.45) is 1.96. The maximum absolute atomic E-state index is 13.9. The Morgan fingerprint density at radius 3 is 2.72 bits per heavy atom. The van der Waals surface area contributed by atoms with Crippen LogP contribution in [0.25, 0.3) is 10.9 Å². The SMILES string of the molecule is C=S(C)(=O)Nc1cc(C)c2c(Nc3ccc(F)cc3O[C@H](C)C(=O)OCC)ncnc2c1. The highest BCUT2D eigenvalue weighted by atomic mass is 32.2. The number of hydrogen-bond acceptors (Lipinski definition) is 7. The van der Waals surface area contributed by atoms with Gasteiger partial charge >= 0.3 is 5.97 Å². The number of anilines is 3. The van der Waals surface area contributed by atoms with Gasteiger partial charge in [-0.1, -0.05) is 0 Å². The molecule has 0 bridgehead atoms. The van der Waals surface area contributed by atoms with Crippen LogP contribution in [0.3, 0.4) is 0 Å². The van der Waals surface area contributed by atoms with Gasteiger partial charge in [0, 0.05) is 33.1 Å². The number of esters is 1. The van der Waals surface area contributed by atoms with Gasteiger partial charge in [-0.2, -0.15) is 0 Å². The first kappa shape index (κ1) is 23.3. The van der Waals surface area contributed by atoms with Crippen molar-refractivity contribution in [1.82, 2.24) is 9.97 Å². The molecular weight excluding hydrogens is 435 g/mol. The second kappa shape index (κ2) is 9.39. The molecule has 3 rings (SSSR count). The van der Waals surface area contributed by atoms with Crippen molar-refractivity contribution in [2.24, 2.45) is 0 Å². The molecule has 0 saturated carbocycles. The molecular formula is C22H25FN4O4S. The zero-order chi connectivity index (χ0) is 23.5. The Morgan fingerprint density at radius 1 is 1.28 bits per heavy atom. The number of aryl methyl sites for hydroxylation is 1. The Morgan fingerprint density at radius 2 is 2.03 bits per heavy atom. The lowest BCUT2D eigenvalue weighted by molar-refractivity contribution is -0.150. The predicted molar refractivity (Wildman–Crippen MR) is 125 cm³/mol. The highest BCUT2D eigenvalue weighted by molar-refractivity contribution is 8.00. The van der Waals surface area contributed by atoms with Gasteiger partial charge in [-0.25, -0.2) is 23.4 Å². The molecule has 1 aromatic heterocycles. The van der Waals surface area contributed by atoms with E-state index in [1.54, 1.807) is 13.0 Å². The minimum Gasteiger partial charge on any atom is -0.477 e. The monoisotopic (exact) mass is 460 g/mol. The fourth-order valence-corrected chi connectivity index (χ4v) is 3.73. The van der Waals surface area contributed by atoms with E-state index in [1.807, 2.05) is 13.0 Å². The summed E-state index contributed by atoms with van der Waals surface area (Å²) in [6, 6.07) is 7.51. The number of nitrogens with one attached hydrogen (secondary N) is 2. The summed E-state index contributed by atoms with van der Waals surface area (Å²) in [4.78, 5) is 20.6. The van der Waals surface area contributed by atoms with E-state index in [0.717, 1.165) is 10.9 Å². The molecule has 0 amide bonds. The zero-order valence-electron chi connectivity index (χ0n) is 18.3. The number of fused-ring (bicyclic) bond motifs is 1. The van der Waals surface area contributed by atoms with Crippen LogP contribution in [0, 0.1) is 12.7 Å². The number of carbonyl (C=O) groups is 1. The molecule has 0 aliphatic carbocycles. The van der Waals surface area contributed by atoms with Crippen molar-refractivity contribution in [1.29, 1.82) is 0 Å². The lowest BCUT2D eigenvalue weighted by atomic mass is 10.1. The van der Waals surface area contributed by atoms with Crippen molar-refractivity contribution >= 4 is 49.6 Å². The topological polar surface area (TPSA) is 102 Å². The second-order valence-corrected chi connectivity index (χ2v) is 9.51. The van der Waals surface area contributed by atoms with Crippen molar-refractivity contribution in [3.05, 3.63) is 48.0 Å². The number of carbonyl (C=O) groups excluding carboxylic acids is 1. The molecule has 0 spiro atoms. The quantitative estimate of drug-likeness (QED) is 0.389. The number of aromatic nitrogens is 2. The Labute approximate surface area is 186 Å². The van der Waals surface area contributed by atoms with Gasteiger partial charge in [0.25, 0.3) is 0 Å². The van der Waals surface area contributed by atoms with Crippen LogP contribution in [-0.2, 0) is 19.2 Å². The Hall–Kier alpha value is -3.40. The molecule has 2 N–H and O–H groups in total. The summed E-state index contributed by atoms with van der Waals surface area (Å²) in [5.41, 5.74) is 2.47. The third kappa shape index (κ3) is 5.64. The molecule has 0 fully saturated rings. The lowest BCUT2D eigenvalue weighted by Gasteiger charge is -2.18. The first-order valence-electron chi connectivity index (χ1n) is 9.82. The summed E-state index contributed by atoms with van der Waals surface area (Å²) in [7, 11) is -2.45. The van der Waals surface area contributed by atoms with Crippen LogP contribution in [0.1, 0.15) is 19.4 Å². The number of benzene rings is 2. The molecule has 2 aromatic carbocycles. The van der Waals surface area contributed by atoms with E-state index in [1.165, 1.54) is 37.7 Å². The van der Waals surface area contributed by atoms with Crippen molar-refractivity contribution in [3.63, 3.8) is 0 Å². The lowest BCUT2D eigenvalue weighted by Crippen LogP contribution is -2.26. The third-order valence-electron chi connectivity index (χ3n) is 4.39. The molecule has 0 radical (unpaired) electrons. The summed E-state index contributed by atoms with van der Waals surface area (Å²) in [6.45, 7) is 5.30. The zero-order valence-corrected chi connectivity index (χ0v) is 19.1. The molecule has 0 aliphatic heterocycles. The minimum absolute atomic E-state index is 0.135. The van der Waals surface area contributed by atoms with Crippen LogP contribution in [0.5, 0.6) is 5.75 Å². The van der Waals surface area contributed by atoms with Crippen LogP contribution in [0.4, 0.5) is 21.6 Å². The summed E-state index contributed by atoms with van der Waals surface area (Å²) in [5.74, 6) is 3.14. The maximum atomic E-state index is 13.9. The van der Waals surface area contributed by atoms with Gasteiger partial charge in [0.1, 0.15) is 23.7 Å². The largest absolute Gasteiger partial charge is 0.477 e. The molecule has 3 aromatic rings. The third-order valence-corrected chi connectivity index (χ3v) is 5.06. The van der Waals surface area contributed by atoms with Gasteiger partial charge in [0.15, 0.2) is 6.10 Å². The molecule has 32 heavy (non-hydrogen) atoms. The normalized spacial score (nSPS) is 13.8. The summed E-state index contributed by atoms with van der Waals surface area (Å²) >= 11 is 0. The highest BCUT2D eigenvalue weighted by Crippen LogP contribution is 2.33. The smallest absolute Gasteiger partial charge is 0.347 e. The number of hydrogen-bond donors (Lipinski definition) is 2. The van der Waals surface area contributed by atoms with Crippen LogP contribution < -0.4 is 14.8 Å². The van der Waals surface area contributed by atoms with Gasteiger partial charge in [-0.15, -0.1) is 0 Å². The molecule has 2 atom stereocenters. The number of ether oxygens (including phenoxy) is 2. The standard InChI is InChI=1S/C22H25FN4O4S/c1-6-30-22(28)14(3)31-19-10-15(23)7-8-17(19)26-21-20-13(2)9-16(27-32(4,5)29)11-18(20)24-12-25-21/h7-12,14H,4,6H2,1-3,5H3,(H,27,29)(H,24,25,26)/t14-,32?/m1/s1. The van der Waals surface area contributed by atoms with Gasteiger partial charge in [0.2, 0.25) is 0 Å². The first-order chi connectivity index (χ1) is 15.1. The van der Waals surface area contributed by atoms with E-state index in [-0.39, 0.29) is 12.4 Å². The molecule has 0 aliphatic rings. The van der Waals surface area contributed by atoms with Crippen molar-refractivity contribution in [2.45, 2.75) is 26.9 Å². The minimum atomic E-state index is -2.45. The second-order valence-electron chi connectivity index (χ2n) is 7.29. The van der Waals surface area contributed by atoms with Crippen molar-refractivity contribution < 1.29 is 22.9 Å². The number of rotatable bonds is 8. The molecule has 170 valence electrons. The average molecular weight is 461 g/mol. The van der Waals surface area contributed by atoms with E-state index < -0.39 is 27.6 Å². The van der Waals surface area contributed by atoms with E-state index >= 15 is 0 Å². The van der Waals surface area contributed by atoms with E-state index in [2.05, 4.69) is 25.9 Å². The van der Waals surface area contributed by atoms with E-state index in [0.29, 0.717) is 22.7 Å². The van der Waals surface area contributed by atoms with E-state index in [9.17, 15) is 13.4 Å². The fraction of sp³-hybridized carbons (Fsp3) is 0.273. The number of nitrogens with zero attached hydrogens (tertiary/aromatic N) is 2. The van der Waals surface area contributed by atoms with E-state index in [4.69, 9.17) is 9.47 Å². The fourth-order valence-electron chi connectivity index (χ4n) is 3.12. The maximum Gasteiger partial charge on any atom is 0.347 e. The average Bonchev–Trinajstić information content (AvgIpc) is 2.68. The highest BCUT2D eigenvalue weighted by Gasteiger charge is 2.19. The van der Waals surface area contributed by atoms with Gasteiger partial charge < -0.3 is 19.5 Å². The summed E-state index contributed by atoms with van der Waals surface area (Å²) in [5, 5.41) is 3.86. The van der Waals surface area contributed by atoms with Crippen molar-refractivity contribution in [3.8, 4) is 5.75 Å². The predicted octanol–water partition coefficient (Wildman–Crippen LogP) is 3.82. The molecule has 1 unspecified atom stereocenters. The molecule has 10 heteroatoms.